The largest absolute Gasteiger partial charge is 0.383 e. The van der Waals surface area contributed by atoms with Crippen molar-refractivity contribution in [3.05, 3.63) is 22.8 Å². The van der Waals surface area contributed by atoms with Crippen LogP contribution in [0.25, 0.3) is 0 Å². The predicted octanol–water partition coefficient (Wildman–Crippen LogP) is 3.56. The number of ether oxygens (including phenoxy) is 1. The van der Waals surface area contributed by atoms with Gasteiger partial charge in [0.25, 0.3) is 0 Å². The maximum atomic E-state index is 6.07. The summed E-state index contributed by atoms with van der Waals surface area (Å²) in [5.41, 5.74) is 6.96. The van der Waals surface area contributed by atoms with Crippen molar-refractivity contribution in [1.29, 1.82) is 0 Å². The first kappa shape index (κ1) is 17.2. The van der Waals surface area contributed by atoms with E-state index >= 15 is 0 Å². The first-order valence-corrected chi connectivity index (χ1v) is 7.77. The Kier molecular flexibility index (Phi) is 7.88. The quantitative estimate of drug-likeness (QED) is 0.732. The van der Waals surface area contributed by atoms with Gasteiger partial charge in [-0.15, -0.1) is 0 Å². The molecular formula is C15H26ClN3O. The zero-order chi connectivity index (χ0) is 15.0. The standard InChI is InChI=1S/C15H26ClN3O/c1-4-7-13(20-6-3)14(18-8-5-2)12-9-11(16)10-19-15(12)17/h9-10,13-14,18H,4-8H2,1-3H3,(H2,17,19). The molecule has 0 fully saturated rings. The number of nitrogens with zero attached hydrogens (tertiary/aromatic N) is 1. The molecule has 1 aromatic rings. The molecule has 0 aliphatic heterocycles. The lowest BCUT2D eigenvalue weighted by Crippen LogP contribution is -2.35. The van der Waals surface area contributed by atoms with Crippen LogP contribution in [-0.4, -0.2) is 24.2 Å². The highest BCUT2D eigenvalue weighted by atomic mass is 35.5. The number of nitrogens with two attached hydrogens (primary N) is 1. The van der Waals surface area contributed by atoms with E-state index in [1.54, 1.807) is 6.20 Å². The third-order valence-electron chi connectivity index (χ3n) is 3.19. The van der Waals surface area contributed by atoms with Crippen LogP contribution in [0.3, 0.4) is 0 Å². The van der Waals surface area contributed by atoms with Gasteiger partial charge in [-0.3, -0.25) is 0 Å². The van der Waals surface area contributed by atoms with Crippen LogP contribution in [0.1, 0.15) is 51.6 Å². The zero-order valence-corrected chi connectivity index (χ0v) is 13.4. The van der Waals surface area contributed by atoms with E-state index in [-0.39, 0.29) is 12.1 Å². The molecule has 5 heteroatoms. The Labute approximate surface area is 127 Å². The Morgan fingerprint density at radius 2 is 2.10 bits per heavy atom. The van der Waals surface area contributed by atoms with Crippen molar-refractivity contribution >= 4 is 17.4 Å². The van der Waals surface area contributed by atoms with Crippen LogP contribution in [0.4, 0.5) is 5.82 Å². The van der Waals surface area contributed by atoms with E-state index in [4.69, 9.17) is 22.1 Å². The van der Waals surface area contributed by atoms with E-state index in [9.17, 15) is 0 Å². The van der Waals surface area contributed by atoms with E-state index in [0.29, 0.717) is 17.4 Å². The van der Waals surface area contributed by atoms with Gasteiger partial charge >= 0.3 is 0 Å². The third-order valence-corrected chi connectivity index (χ3v) is 3.40. The van der Waals surface area contributed by atoms with Gasteiger partial charge in [0, 0.05) is 18.4 Å². The first-order chi connectivity index (χ1) is 9.63. The summed E-state index contributed by atoms with van der Waals surface area (Å²) < 4.78 is 5.90. The Bertz CT molecular complexity index is 395. The van der Waals surface area contributed by atoms with Gasteiger partial charge in [-0.1, -0.05) is 31.9 Å². The topological polar surface area (TPSA) is 60.2 Å². The highest BCUT2D eigenvalue weighted by Crippen LogP contribution is 2.28. The Balaban J connectivity index is 3.04. The smallest absolute Gasteiger partial charge is 0.128 e. The SMILES string of the molecule is CCCNC(c1cc(Cl)cnc1N)C(CCC)OCC. The van der Waals surface area contributed by atoms with Gasteiger partial charge in [0.05, 0.1) is 17.2 Å². The summed E-state index contributed by atoms with van der Waals surface area (Å²) in [6.07, 6.45) is 4.74. The summed E-state index contributed by atoms with van der Waals surface area (Å²) in [5.74, 6) is 0.517. The Hall–Kier alpha value is -0.840. The number of nitrogens with one attached hydrogen (secondary N) is 1. The highest BCUT2D eigenvalue weighted by Gasteiger charge is 2.25. The normalized spacial score (nSPS) is 14.2. The molecule has 114 valence electrons. The van der Waals surface area contributed by atoms with Gasteiger partial charge in [0.2, 0.25) is 0 Å². The minimum Gasteiger partial charge on any atom is -0.383 e. The maximum absolute atomic E-state index is 6.07. The molecule has 1 heterocycles. The molecule has 2 atom stereocenters. The van der Waals surface area contributed by atoms with Gasteiger partial charge in [-0.05, 0) is 32.4 Å². The van der Waals surface area contributed by atoms with Crippen molar-refractivity contribution in [1.82, 2.24) is 10.3 Å². The number of rotatable bonds is 9. The van der Waals surface area contributed by atoms with Gasteiger partial charge < -0.3 is 15.8 Å². The van der Waals surface area contributed by atoms with Gasteiger partial charge in [-0.2, -0.15) is 0 Å². The van der Waals surface area contributed by atoms with Crippen molar-refractivity contribution in [3.8, 4) is 0 Å². The molecule has 20 heavy (non-hydrogen) atoms. The fourth-order valence-corrected chi connectivity index (χ4v) is 2.47. The Morgan fingerprint density at radius 1 is 1.35 bits per heavy atom. The van der Waals surface area contributed by atoms with E-state index in [2.05, 4.69) is 24.1 Å². The fraction of sp³-hybridized carbons (Fsp3) is 0.667. The van der Waals surface area contributed by atoms with Crippen LogP contribution < -0.4 is 11.1 Å². The van der Waals surface area contributed by atoms with Crippen LogP contribution >= 0.6 is 11.6 Å². The summed E-state index contributed by atoms with van der Waals surface area (Å²) in [5, 5.41) is 4.12. The Morgan fingerprint density at radius 3 is 2.70 bits per heavy atom. The van der Waals surface area contributed by atoms with E-state index in [0.717, 1.165) is 31.4 Å². The average molecular weight is 300 g/mol. The second kappa shape index (κ2) is 9.16. The highest BCUT2D eigenvalue weighted by molar-refractivity contribution is 6.30. The lowest BCUT2D eigenvalue weighted by molar-refractivity contribution is 0.0277. The summed E-state index contributed by atoms with van der Waals surface area (Å²) in [4.78, 5) is 4.16. The zero-order valence-electron chi connectivity index (χ0n) is 12.7. The molecule has 0 amide bonds. The van der Waals surface area contributed by atoms with Crippen LogP contribution in [0.15, 0.2) is 12.3 Å². The summed E-state index contributed by atoms with van der Waals surface area (Å²) >= 11 is 6.07. The van der Waals surface area contributed by atoms with Crippen molar-refractivity contribution in [2.45, 2.75) is 52.2 Å². The molecule has 0 radical (unpaired) electrons. The van der Waals surface area contributed by atoms with Crippen LogP contribution in [0.5, 0.6) is 0 Å². The molecule has 0 saturated heterocycles. The van der Waals surface area contributed by atoms with Crippen molar-refractivity contribution in [2.24, 2.45) is 0 Å². The number of aromatic nitrogens is 1. The second-order valence-corrected chi connectivity index (χ2v) is 5.28. The molecule has 1 aromatic heterocycles. The molecule has 0 spiro atoms. The molecule has 0 bridgehead atoms. The van der Waals surface area contributed by atoms with Crippen LogP contribution in [-0.2, 0) is 4.74 Å². The molecule has 4 nitrogen and oxygen atoms in total. The molecule has 1 rings (SSSR count). The number of anilines is 1. The molecule has 0 aliphatic carbocycles. The predicted molar refractivity (Wildman–Crippen MR) is 85.0 cm³/mol. The molecule has 2 unspecified atom stereocenters. The monoisotopic (exact) mass is 299 g/mol. The summed E-state index contributed by atoms with van der Waals surface area (Å²) in [7, 11) is 0. The number of halogens is 1. The molecule has 0 aliphatic rings. The average Bonchev–Trinajstić information content (AvgIpc) is 2.43. The van der Waals surface area contributed by atoms with Gasteiger partial charge in [0.15, 0.2) is 0 Å². The maximum Gasteiger partial charge on any atom is 0.128 e. The number of pyridine rings is 1. The van der Waals surface area contributed by atoms with Gasteiger partial charge in [0.1, 0.15) is 5.82 Å². The van der Waals surface area contributed by atoms with E-state index < -0.39 is 0 Å². The molecule has 3 N–H and O–H groups in total. The first-order valence-electron chi connectivity index (χ1n) is 7.39. The van der Waals surface area contributed by atoms with Crippen LogP contribution in [0.2, 0.25) is 5.02 Å². The lowest BCUT2D eigenvalue weighted by Gasteiger charge is -2.29. The minimum atomic E-state index is 0.0287. The molecular weight excluding hydrogens is 274 g/mol. The van der Waals surface area contributed by atoms with Crippen molar-refractivity contribution < 1.29 is 4.74 Å². The van der Waals surface area contributed by atoms with E-state index in [1.807, 2.05) is 13.0 Å². The number of hydrogen-bond donors (Lipinski definition) is 2. The summed E-state index contributed by atoms with van der Waals surface area (Å²) in [6, 6.07) is 1.92. The molecule has 0 aromatic carbocycles. The van der Waals surface area contributed by atoms with Crippen molar-refractivity contribution in [3.63, 3.8) is 0 Å². The second-order valence-electron chi connectivity index (χ2n) is 4.84. The van der Waals surface area contributed by atoms with Crippen molar-refractivity contribution in [2.75, 3.05) is 18.9 Å². The number of nitrogen functional groups attached to an aromatic ring is 1. The summed E-state index contributed by atoms with van der Waals surface area (Å²) in [6.45, 7) is 7.90. The number of hydrogen-bond acceptors (Lipinski definition) is 4. The third kappa shape index (κ3) is 4.93. The minimum absolute atomic E-state index is 0.0287. The van der Waals surface area contributed by atoms with Gasteiger partial charge in [-0.25, -0.2) is 4.98 Å². The lowest BCUT2D eigenvalue weighted by atomic mass is 9.98. The fourth-order valence-electron chi connectivity index (χ4n) is 2.30. The molecule has 0 saturated carbocycles. The van der Waals surface area contributed by atoms with Crippen LogP contribution in [0, 0.1) is 0 Å². The van der Waals surface area contributed by atoms with E-state index in [1.165, 1.54) is 0 Å².